The van der Waals surface area contributed by atoms with Gasteiger partial charge < -0.3 is 10.7 Å². The molecule has 6 heteroatoms. The third kappa shape index (κ3) is 3.82. The number of carbonyl (C=O) groups excluding carboxylic acids is 1. The molecule has 0 saturated heterocycles. The van der Waals surface area contributed by atoms with Crippen molar-refractivity contribution in [3.8, 4) is 0 Å². The van der Waals surface area contributed by atoms with Crippen LogP contribution in [0, 0.1) is 5.92 Å². The molecule has 1 aromatic rings. The predicted molar refractivity (Wildman–Crippen MR) is 61.6 cm³/mol. The molecule has 0 aliphatic carbocycles. The van der Waals surface area contributed by atoms with Gasteiger partial charge in [0.1, 0.15) is 5.69 Å². The summed E-state index contributed by atoms with van der Waals surface area (Å²) in [5.41, 5.74) is 2.64. The van der Waals surface area contributed by atoms with Crippen molar-refractivity contribution in [1.29, 1.82) is 0 Å². The van der Waals surface area contributed by atoms with Crippen molar-refractivity contribution >= 4 is 11.7 Å². The zero-order valence-corrected chi connectivity index (χ0v) is 9.53. The number of nitrogens with two attached hydrogens (primary N) is 1. The number of aromatic nitrogens is 2. The summed E-state index contributed by atoms with van der Waals surface area (Å²) in [7, 11) is 0. The second-order valence-corrected chi connectivity index (χ2v) is 3.87. The highest BCUT2D eigenvalue weighted by Gasteiger charge is 2.07. The van der Waals surface area contributed by atoms with Crippen molar-refractivity contribution < 1.29 is 4.79 Å². The van der Waals surface area contributed by atoms with Gasteiger partial charge in [-0.05, 0) is 12.3 Å². The molecule has 0 spiro atoms. The largest absolute Gasteiger partial charge is 0.351 e. The van der Waals surface area contributed by atoms with E-state index in [1.165, 1.54) is 12.4 Å². The van der Waals surface area contributed by atoms with E-state index in [-0.39, 0.29) is 5.91 Å². The first kappa shape index (κ1) is 12.4. The Morgan fingerprint density at radius 2 is 2.19 bits per heavy atom. The molecule has 0 aliphatic rings. The van der Waals surface area contributed by atoms with Crippen LogP contribution in [0.15, 0.2) is 12.4 Å². The molecule has 0 radical (unpaired) electrons. The van der Waals surface area contributed by atoms with Crippen LogP contribution in [0.3, 0.4) is 0 Å². The van der Waals surface area contributed by atoms with Crippen molar-refractivity contribution in [3.63, 3.8) is 0 Å². The first-order chi connectivity index (χ1) is 7.63. The third-order valence-electron chi connectivity index (χ3n) is 2.04. The number of amides is 1. The zero-order valence-electron chi connectivity index (χ0n) is 9.53. The number of nitrogens with one attached hydrogen (secondary N) is 2. The van der Waals surface area contributed by atoms with Gasteiger partial charge in [-0.25, -0.2) is 15.8 Å². The number of nitrogens with zero attached hydrogens (tertiary/aromatic N) is 2. The molecule has 1 aromatic heterocycles. The quantitative estimate of drug-likeness (QED) is 0.500. The van der Waals surface area contributed by atoms with E-state index in [2.05, 4.69) is 34.6 Å². The molecule has 1 heterocycles. The van der Waals surface area contributed by atoms with E-state index in [1.807, 2.05) is 0 Å². The minimum Gasteiger partial charge on any atom is -0.351 e. The van der Waals surface area contributed by atoms with Crippen molar-refractivity contribution in [2.75, 3.05) is 12.0 Å². The van der Waals surface area contributed by atoms with Crippen LogP contribution in [0.5, 0.6) is 0 Å². The number of anilines is 1. The number of hydrogen-bond donors (Lipinski definition) is 3. The number of carbonyl (C=O) groups is 1. The normalized spacial score (nSPS) is 10.2. The molecular weight excluding hydrogens is 206 g/mol. The Kier molecular flexibility index (Phi) is 4.65. The number of hydrogen-bond acceptors (Lipinski definition) is 5. The average Bonchev–Trinajstić information content (AvgIpc) is 2.28. The Balaban J connectivity index is 2.46. The molecule has 0 aromatic carbocycles. The third-order valence-corrected chi connectivity index (χ3v) is 2.04. The van der Waals surface area contributed by atoms with Crippen molar-refractivity contribution in [3.05, 3.63) is 18.1 Å². The van der Waals surface area contributed by atoms with Crippen LogP contribution in [-0.2, 0) is 0 Å². The lowest BCUT2D eigenvalue weighted by molar-refractivity contribution is 0.0946. The molecule has 0 saturated carbocycles. The first-order valence-corrected chi connectivity index (χ1v) is 5.20. The summed E-state index contributed by atoms with van der Waals surface area (Å²) >= 11 is 0. The van der Waals surface area contributed by atoms with E-state index in [4.69, 9.17) is 5.84 Å². The van der Waals surface area contributed by atoms with E-state index in [0.717, 1.165) is 6.42 Å². The maximum absolute atomic E-state index is 11.6. The number of rotatable bonds is 5. The summed E-state index contributed by atoms with van der Waals surface area (Å²) in [5.74, 6) is 5.92. The second-order valence-electron chi connectivity index (χ2n) is 3.87. The smallest absolute Gasteiger partial charge is 0.271 e. The summed E-state index contributed by atoms with van der Waals surface area (Å²) in [4.78, 5) is 19.4. The molecule has 0 aliphatic heterocycles. The van der Waals surface area contributed by atoms with Gasteiger partial charge >= 0.3 is 0 Å². The van der Waals surface area contributed by atoms with Gasteiger partial charge in [0.25, 0.3) is 5.91 Å². The van der Waals surface area contributed by atoms with E-state index in [1.54, 1.807) is 0 Å². The van der Waals surface area contributed by atoms with E-state index in [0.29, 0.717) is 24.0 Å². The highest BCUT2D eigenvalue weighted by atomic mass is 16.1. The molecule has 1 rings (SSSR count). The van der Waals surface area contributed by atoms with E-state index in [9.17, 15) is 4.79 Å². The number of hydrazine groups is 1. The molecule has 6 nitrogen and oxygen atoms in total. The maximum Gasteiger partial charge on any atom is 0.271 e. The summed E-state index contributed by atoms with van der Waals surface area (Å²) in [6.07, 6.45) is 3.75. The fourth-order valence-electron chi connectivity index (χ4n) is 1.08. The van der Waals surface area contributed by atoms with Crippen molar-refractivity contribution in [1.82, 2.24) is 15.3 Å². The molecule has 0 atom stereocenters. The summed E-state index contributed by atoms with van der Waals surface area (Å²) < 4.78 is 0. The molecular formula is C10H17N5O. The number of nitrogen functional groups attached to an aromatic ring is 1. The fourth-order valence-corrected chi connectivity index (χ4v) is 1.08. The van der Waals surface area contributed by atoms with Crippen LogP contribution < -0.4 is 16.6 Å². The van der Waals surface area contributed by atoms with Crippen LogP contribution >= 0.6 is 0 Å². The standard InChI is InChI=1S/C10H17N5O/c1-7(2)3-4-12-10(16)8-5-14-9(15-11)6-13-8/h5-7H,3-4,11H2,1-2H3,(H,12,16)(H,14,15). The van der Waals surface area contributed by atoms with Gasteiger partial charge in [0.05, 0.1) is 12.4 Å². The summed E-state index contributed by atoms with van der Waals surface area (Å²) in [5, 5.41) is 2.77. The summed E-state index contributed by atoms with van der Waals surface area (Å²) in [6, 6.07) is 0. The monoisotopic (exact) mass is 223 g/mol. The van der Waals surface area contributed by atoms with E-state index >= 15 is 0 Å². The molecule has 0 bridgehead atoms. The Morgan fingerprint density at radius 1 is 1.44 bits per heavy atom. The minimum absolute atomic E-state index is 0.211. The van der Waals surface area contributed by atoms with Crippen LogP contribution in [-0.4, -0.2) is 22.4 Å². The molecule has 1 amide bonds. The predicted octanol–water partition coefficient (Wildman–Crippen LogP) is 0.538. The van der Waals surface area contributed by atoms with Crippen LogP contribution in [0.4, 0.5) is 5.82 Å². The average molecular weight is 223 g/mol. The van der Waals surface area contributed by atoms with Crippen molar-refractivity contribution in [2.45, 2.75) is 20.3 Å². The Bertz CT molecular complexity index is 336. The zero-order chi connectivity index (χ0) is 12.0. The first-order valence-electron chi connectivity index (χ1n) is 5.20. The summed E-state index contributed by atoms with van der Waals surface area (Å²) in [6.45, 7) is 4.86. The SMILES string of the molecule is CC(C)CCNC(=O)c1cnc(NN)cn1. The van der Waals surface area contributed by atoms with Gasteiger partial charge in [0, 0.05) is 6.54 Å². The van der Waals surface area contributed by atoms with Crippen molar-refractivity contribution in [2.24, 2.45) is 11.8 Å². The van der Waals surface area contributed by atoms with Crippen LogP contribution in [0.1, 0.15) is 30.8 Å². The van der Waals surface area contributed by atoms with Gasteiger partial charge in [-0.2, -0.15) is 0 Å². The Labute approximate surface area is 94.6 Å². The molecule has 0 fully saturated rings. The molecule has 16 heavy (non-hydrogen) atoms. The topological polar surface area (TPSA) is 92.9 Å². The van der Waals surface area contributed by atoms with Gasteiger partial charge in [0.15, 0.2) is 5.82 Å². The Morgan fingerprint density at radius 3 is 2.69 bits per heavy atom. The maximum atomic E-state index is 11.6. The lowest BCUT2D eigenvalue weighted by atomic mass is 10.1. The molecule has 4 N–H and O–H groups in total. The van der Waals surface area contributed by atoms with Gasteiger partial charge in [-0.15, -0.1) is 0 Å². The van der Waals surface area contributed by atoms with Crippen LogP contribution in [0.25, 0.3) is 0 Å². The van der Waals surface area contributed by atoms with Gasteiger partial charge in [0.2, 0.25) is 0 Å². The highest BCUT2D eigenvalue weighted by Crippen LogP contribution is 2.00. The Hall–Kier alpha value is -1.69. The molecule has 0 unspecified atom stereocenters. The van der Waals surface area contributed by atoms with Gasteiger partial charge in [-0.1, -0.05) is 13.8 Å². The fraction of sp³-hybridized carbons (Fsp3) is 0.500. The lowest BCUT2D eigenvalue weighted by Gasteiger charge is -2.06. The second kappa shape index (κ2) is 6.02. The minimum atomic E-state index is -0.211. The molecule has 88 valence electrons. The van der Waals surface area contributed by atoms with Crippen LogP contribution in [0.2, 0.25) is 0 Å². The lowest BCUT2D eigenvalue weighted by Crippen LogP contribution is -2.26. The highest BCUT2D eigenvalue weighted by molar-refractivity contribution is 5.91. The van der Waals surface area contributed by atoms with Gasteiger partial charge in [-0.3, -0.25) is 4.79 Å². The van der Waals surface area contributed by atoms with E-state index < -0.39 is 0 Å².